The second-order valence-corrected chi connectivity index (χ2v) is 5.73. The molecule has 0 saturated carbocycles. The van der Waals surface area contributed by atoms with E-state index in [-0.39, 0.29) is 0 Å². The third-order valence-corrected chi connectivity index (χ3v) is 2.86. The van der Waals surface area contributed by atoms with Gasteiger partial charge in [0, 0.05) is 0 Å². The van der Waals surface area contributed by atoms with Gasteiger partial charge in [-0.3, -0.25) is 0 Å². The molecule has 1 atom stereocenters. The molecule has 0 bridgehead atoms. The number of amides is 1. The summed E-state index contributed by atoms with van der Waals surface area (Å²) in [6.45, 7) is 5.28. The lowest BCUT2D eigenvalue weighted by molar-refractivity contribution is 0.0503. The van der Waals surface area contributed by atoms with Crippen molar-refractivity contribution in [1.29, 1.82) is 0 Å². The van der Waals surface area contributed by atoms with E-state index in [1.54, 1.807) is 26.8 Å². The molecule has 2 rings (SSSR count). The summed E-state index contributed by atoms with van der Waals surface area (Å²) in [5, 5.41) is 2.68. The van der Waals surface area contributed by atoms with Crippen LogP contribution in [0.15, 0.2) is 18.2 Å². The Bertz CT molecular complexity index is 562. The van der Waals surface area contributed by atoms with Crippen LogP contribution in [-0.2, 0) is 4.74 Å². The highest BCUT2D eigenvalue weighted by molar-refractivity contribution is 5.69. The fourth-order valence-electron chi connectivity index (χ4n) is 2.07. The van der Waals surface area contributed by atoms with Crippen molar-refractivity contribution in [3.05, 3.63) is 41.0 Å². The highest BCUT2D eigenvalue weighted by Crippen LogP contribution is 2.29. The molecule has 0 heterocycles. The van der Waals surface area contributed by atoms with E-state index in [1.165, 1.54) is 0 Å². The normalized spacial score (nSPS) is 17.6. The molecule has 1 aromatic rings. The molecule has 0 saturated heterocycles. The molecule has 20 heavy (non-hydrogen) atoms. The minimum absolute atomic E-state index is 0.417. The minimum Gasteiger partial charge on any atom is -0.444 e. The Balaban J connectivity index is 2.19. The molecule has 5 heteroatoms. The average molecular weight is 281 g/mol. The molecule has 1 aliphatic carbocycles. The molecule has 1 amide bonds. The van der Waals surface area contributed by atoms with Crippen molar-refractivity contribution in [2.75, 3.05) is 0 Å². The first-order chi connectivity index (χ1) is 9.26. The quantitative estimate of drug-likeness (QED) is 0.846. The van der Waals surface area contributed by atoms with Gasteiger partial charge in [0.1, 0.15) is 5.60 Å². The van der Waals surface area contributed by atoms with Gasteiger partial charge in [0.2, 0.25) is 0 Å². The lowest BCUT2D eigenvalue weighted by Gasteiger charge is -2.26. The third-order valence-electron chi connectivity index (χ3n) is 2.86. The van der Waals surface area contributed by atoms with Crippen LogP contribution in [0.3, 0.4) is 0 Å². The van der Waals surface area contributed by atoms with Crippen LogP contribution in [0.25, 0.3) is 6.08 Å². The number of carbonyl (C=O) groups excluding carboxylic acids is 1. The van der Waals surface area contributed by atoms with Crippen LogP contribution in [0.1, 0.15) is 44.4 Å². The van der Waals surface area contributed by atoms with Crippen LogP contribution >= 0.6 is 0 Å². The third kappa shape index (κ3) is 3.35. The Hall–Kier alpha value is -1.91. The first-order valence-electron chi connectivity index (χ1n) is 6.41. The summed E-state index contributed by atoms with van der Waals surface area (Å²) in [6.07, 6.45) is 3.46. The van der Waals surface area contributed by atoms with Gasteiger partial charge in [0.05, 0.1) is 6.04 Å². The first kappa shape index (κ1) is 14.5. The Morgan fingerprint density at radius 3 is 2.60 bits per heavy atom. The Labute approximate surface area is 116 Å². The molecule has 0 spiro atoms. The van der Waals surface area contributed by atoms with E-state index in [2.05, 4.69) is 5.32 Å². The highest BCUT2D eigenvalue weighted by Gasteiger charge is 2.24. The van der Waals surface area contributed by atoms with Crippen LogP contribution in [0.5, 0.6) is 0 Å². The summed E-state index contributed by atoms with van der Waals surface area (Å²) >= 11 is 0. The molecule has 0 aliphatic heterocycles. The fraction of sp³-hybridized carbons (Fsp3) is 0.400. The maximum Gasteiger partial charge on any atom is 0.408 e. The van der Waals surface area contributed by atoms with Crippen LogP contribution < -0.4 is 5.32 Å². The van der Waals surface area contributed by atoms with Gasteiger partial charge in [-0.1, -0.05) is 12.2 Å². The number of rotatable bonds is 1. The van der Waals surface area contributed by atoms with Crippen molar-refractivity contribution >= 4 is 12.2 Å². The van der Waals surface area contributed by atoms with Gasteiger partial charge >= 0.3 is 6.09 Å². The van der Waals surface area contributed by atoms with E-state index in [0.717, 1.165) is 12.1 Å². The fourth-order valence-corrected chi connectivity index (χ4v) is 2.07. The predicted molar refractivity (Wildman–Crippen MR) is 72.1 cm³/mol. The van der Waals surface area contributed by atoms with Gasteiger partial charge in [0.25, 0.3) is 0 Å². The number of hydrogen-bond donors (Lipinski definition) is 1. The van der Waals surface area contributed by atoms with Gasteiger partial charge in [-0.05, 0) is 50.5 Å². The number of carbonyl (C=O) groups is 1. The van der Waals surface area contributed by atoms with Crippen molar-refractivity contribution in [2.24, 2.45) is 0 Å². The van der Waals surface area contributed by atoms with Crippen LogP contribution in [0.4, 0.5) is 13.6 Å². The molecular weight excluding hydrogens is 264 g/mol. The number of alkyl carbamates (subject to hydrolysis) is 1. The maximum atomic E-state index is 13.3. The van der Waals surface area contributed by atoms with E-state index >= 15 is 0 Å². The molecule has 108 valence electrons. The van der Waals surface area contributed by atoms with Crippen molar-refractivity contribution < 1.29 is 18.3 Å². The number of fused-ring (bicyclic) bond motifs is 1. The molecule has 0 fully saturated rings. The summed E-state index contributed by atoms with van der Waals surface area (Å²) < 4.78 is 31.7. The average Bonchev–Trinajstić information content (AvgIpc) is 2.29. The molecule has 1 aliphatic rings. The maximum absolute atomic E-state index is 13.3. The number of halogens is 2. The van der Waals surface area contributed by atoms with Crippen LogP contribution in [0, 0.1) is 11.6 Å². The standard InChI is InChI=1S/C15H17F2NO2/c1-15(2,3)20-14(19)18-13-6-4-5-9-7-11(16)12(17)8-10(9)13/h4-5,7-8,13H,6H2,1-3H3,(H,18,19)/t13-/m1/s1. The van der Waals surface area contributed by atoms with Crippen molar-refractivity contribution in [2.45, 2.75) is 38.8 Å². The van der Waals surface area contributed by atoms with Crippen molar-refractivity contribution in [3.63, 3.8) is 0 Å². The van der Waals surface area contributed by atoms with Gasteiger partial charge in [0.15, 0.2) is 11.6 Å². The van der Waals surface area contributed by atoms with Gasteiger partial charge < -0.3 is 10.1 Å². The molecular formula is C15H17F2NO2. The Kier molecular flexibility index (Phi) is 3.79. The summed E-state index contributed by atoms with van der Waals surface area (Å²) in [5.74, 6) is -1.82. The highest BCUT2D eigenvalue weighted by atomic mass is 19.2. The number of nitrogens with one attached hydrogen (secondary N) is 1. The van der Waals surface area contributed by atoms with Crippen molar-refractivity contribution in [3.8, 4) is 0 Å². The smallest absolute Gasteiger partial charge is 0.408 e. The molecule has 0 unspecified atom stereocenters. The molecule has 3 nitrogen and oxygen atoms in total. The van der Waals surface area contributed by atoms with Crippen molar-refractivity contribution in [1.82, 2.24) is 5.32 Å². The largest absolute Gasteiger partial charge is 0.444 e. The van der Waals surface area contributed by atoms with E-state index in [1.807, 2.05) is 6.08 Å². The molecule has 1 aromatic carbocycles. The van der Waals surface area contributed by atoms with E-state index in [4.69, 9.17) is 4.74 Å². The zero-order valence-corrected chi connectivity index (χ0v) is 11.7. The summed E-state index contributed by atoms with van der Waals surface area (Å²) in [4.78, 5) is 11.8. The second-order valence-electron chi connectivity index (χ2n) is 5.73. The number of ether oxygens (including phenoxy) is 1. The first-order valence-corrected chi connectivity index (χ1v) is 6.41. The number of benzene rings is 1. The Morgan fingerprint density at radius 2 is 1.95 bits per heavy atom. The predicted octanol–water partition coefficient (Wildman–Crippen LogP) is 3.95. The van der Waals surface area contributed by atoms with E-state index in [9.17, 15) is 13.6 Å². The van der Waals surface area contributed by atoms with Gasteiger partial charge in [-0.25, -0.2) is 13.6 Å². The van der Waals surface area contributed by atoms with Crippen LogP contribution in [0.2, 0.25) is 0 Å². The van der Waals surface area contributed by atoms with E-state index < -0.39 is 29.4 Å². The summed E-state index contributed by atoms with van der Waals surface area (Å²) in [6, 6.07) is 1.83. The molecule has 1 N–H and O–H groups in total. The number of hydrogen-bond acceptors (Lipinski definition) is 2. The lowest BCUT2D eigenvalue weighted by Crippen LogP contribution is -2.35. The second kappa shape index (κ2) is 5.23. The Morgan fingerprint density at radius 1 is 1.30 bits per heavy atom. The minimum atomic E-state index is -0.921. The van der Waals surface area contributed by atoms with E-state index in [0.29, 0.717) is 17.5 Å². The van der Waals surface area contributed by atoms with Crippen LogP contribution in [-0.4, -0.2) is 11.7 Å². The lowest BCUT2D eigenvalue weighted by atomic mass is 9.92. The summed E-state index contributed by atoms with van der Waals surface area (Å²) in [7, 11) is 0. The zero-order chi connectivity index (χ0) is 14.9. The SMILES string of the molecule is CC(C)(C)OC(=O)N[C@@H]1CC=Cc2cc(F)c(F)cc21. The summed E-state index contributed by atoms with van der Waals surface area (Å²) in [5.41, 5.74) is 0.513. The van der Waals surface area contributed by atoms with Gasteiger partial charge in [-0.15, -0.1) is 0 Å². The topological polar surface area (TPSA) is 38.3 Å². The molecule has 0 radical (unpaired) electrons. The zero-order valence-electron chi connectivity index (χ0n) is 11.7. The monoisotopic (exact) mass is 281 g/mol. The van der Waals surface area contributed by atoms with Gasteiger partial charge in [-0.2, -0.15) is 0 Å². The molecule has 0 aromatic heterocycles.